The summed E-state index contributed by atoms with van der Waals surface area (Å²) >= 11 is 0. The van der Waals surface area contributed by atoms with Crippen molar-refractivity contribution in [3.63, 3.8) is 0 Å². The van der Waals surface area contributed by atoms with Gasteiger partial charge in [0.2, 0.25) is 0 Å². The van der Waals surface area contributed by atoms with Crippen LogP contribution in [0.4, 0.5) is 0 Å². The average molecular weight is 676 g/mol. The molecule has 254 valence electrons. The molecule has 0 saturated carbocycles. The standard InChI is InChI=1S/C31H23NO.C17H18N2/c32-20-24-12-7-13-30-31(24)28-19-23(14-15-29(28)33-30)27-17-25(21-8-3-1-4-9-21)16-26(18-27)22-10-5-2-6-11-22;1-19-17(12-9-14-5-3-2-4-6-14)16-10-7-15(13-18)8-11-16/h1-19H,20,32H2;2-7,10,12,19H,8-9,11H2,1H3/b;17-12-. The fourth-order valence-electron chi connectivity index (χ4n) is 6.82. The minimum atomic E-state index is 0.484. The molecule has 0 unspecified atom stereocenters. The first-order chi connectivity index (χ1) is 25.6. The fraction of sp³-hybridized carbons (Fsp3) is 0.104. The molecule has 0 fully saturated rings. The number of nitrogens with two attached hydrogens (primary N) is 1. The van der Waals surface area contributed by atoms with Crippen molar-refractivity contribution in [1.29, 1.82) is 5.26 Å². The minimum Gasteiger partial charge on any atom is -0.456 e. The van der Waals surface area contributed by atoms with Crippen molar-refractivity contribution in [2.45, 2.75) is 25.8 Å². The van der Waals surface area contributed by atoms with Gasteiger partial charge in [-0.15, -0.1) is 0 Å². The van der Waals surface area contributed by atoms with Gasteiger partial charge in [0.25, 0.3) is 0 Å². The van der Waals surface area contributed by atoms with E-state index in [4.69, 9.17) is 15.4 Å². The minimum absolute atomic E-state index is 0.484. The molecule has 6 aromatic carbocycles. The maximum absolute atomic E-state index is 8.85. The van der Waals surface area contributed by atoms with Gasteiger partial charge in [0.1, 0.15) is 11.2 Å². The predicted molar refractivity (Wildman–Crippen MR) is 216 cm³/mol. The van der Waals surface area contributed by atoms with Crippen LogP contribution in [0.15, 0.2) is 185 Å². The van der Waals surface area contributed by atoms with Crippen LogP contribution in [0, 0.1) is 11.3 Å². The third kappa shape index (κ3) is 7.66. The van der Waals surface area contributed by atoms with Crippen LogP contribution in [-0.2, 0) is 13.0 Å². The third-order valence-corrected chi connectivity index (χ3v) is 9.57. The Morgan fingerprint density at radius 1 is 0.673 bits per heavy atom. The maximum Gasteiger partial charge on any atom is 0.135 e. The van der Waals surface area contributed by atoms with Gasteiger partial charge in [0.05, 0.1) is 6.07 Å². The van der Waals surface area contributed by atoms with E-state index in [0.29, 0.717) is 6.54 Å². The monoisotopic (exact) mass is 675 g/mol. The third-order valence-electron chi connectivity index (χ3n) is 9.57. The summed E-state index contributed by atoms with van der Waals surface area (Å²) in [5, 5.41) is 14.3. The Morgan fingerprint density at radius 2 is 1.31 bits per heavy atom. The van der Waals surface area contributed by atoms with Crippen molar-refractivity contribution in [3.05, 3.63) is 192 Å². The molecule has 1 aromatic heterocycles. The Hall–Kier alpha value is -6.41. The molecule has 4 heteroatoms. The molecule has 1 heterocycles. The number of allylic oxidation sites excluding steroid dienone is 5. The van der Waals surface area contributed by atoms with Gasteiger partial charge in [0, 0.05) is 35.6 Å². The summed E-state index contributed by atoms with van der Waals surface area (Å²) in [6.07, 6.45) is 8.88. The summed E-state index contributed by atoms with van der Waals surface area (Å²) in [5.41, 5.74) is 20.7. The number of hydrogen-bond donors (Lipinski definition) is 2. The van der Waals surface area contributed by atoms with Gasteiger partial charge in [-0.05, 0) is 112 Å². The van der Waals surface area contributed by atoms with Crippen molar-refractivity contribution in [2.24, 2.45) is 5.73 Å². The summed E-state index contributed by atoms with van der Waals surface area (Å²) in [6, 6.07) is 53.1. The molecule has 0 spiro atoms. The lowest BCUT2D eigenvalue weighted by Gasteiger charge is -2.14. The average Bonchev–Trinajstić information content (AvgIpc) is 3.61. The summed E-state index contributed by atoms with van der Waals surface area (Å²) in [5.74, 6) is 0. The lowest BCUT2D eigenvalue weighted by atomic mass is 9.92. The number of hydrogen-bond acceptors (Lipinski definition) is 4. The Kier molecular flexibility index (Phi) is 10.5. The van der Waals surface area contributed by atoms with Gasteiger partial charge < -0.3 is 15.5 Å². The molecule has 0 atom stereocenters. The van der Waals surface area contributed by atoms with Crippen LogP contribution >= 0.6 is 0 Å². The maximum atomic E-state index is 8.85. The topological polar surface area (TPSA) is 75.0 Å². The Labute approximate surface area is 305 Å². The number of nitriles is 1. The van der Waals surface area contributed by atoms with Crippen molar-refractivity contribution >= 4 is 21.9 Å². The molecular weight excluding hydrogens is 635 g/mol. The van der Waals surface area contributed by atoms with E-state index in [0.717, 1.165) is 63.6 Å². The van der Waals surface area contributed by atoms with Crippen molar-refractivity contribution < 1.29 is 4.42 Å². The zero-order valence-corrected chi connectivity index (χ0v) is 29.3. The molecule has 3 N–H and O–H groups in total. The second-order valence-electron chi connectivity index (χ2n) is 12.9. The van der Waals surface area contributed by atoms with Gasteiger partial charge >= 0.3 is 0 Å². The second-order valence-corrected chi connectivity index (χ2v) is 12.9. The summed E-state index contributed by atoms with van der Waals surface area (Å²) < 4.78 is 6.12. The first-order valence-corrected chi connectivity index (χ1v) is 17.8. The van der Waals surface area contributed by atoms with E-state index in [2.05, 4.69) is 151 Å². The molecule has 1 aliphatic carbocycles. The van der Waals surface area contributed by atoms with Crippen molar-refractivity contribution in [2.75, 3.05) is 7.05 Å². The summed E-state index contributed by atoms with van der Waals surface area (Å²) in [4.78, 5) is 0. The molecule has 0 amide bonds. The number of nitrogens with zero attached hydrogens (tertiary/aromatic N) is 1. The van der Waals surface area contributed by atoms with Crippen LogP contribution in [-0.4, -0.2) is 7.05 Å². The van der Waals surface area contributed by atoms with E-state index in [9.17, 15) is 0 Å². The highest BCUT2D eigenvalue weighted by atomic mass is 16.3. The van der Waals surface area contributed by atoms with Gasteiger partial charge in [0.15, 0.2) is 0 Å². The van der Waals surface area contributed by atoms with Crippen LogP contribution in [0.5, 0.6) is 0 Å². The number of likely N-dealkylation sites (N-methyl/N-ethyl adjacent to an activating group) is 1. The highest BCUT2D eigenvalue weighted by Crippen LogP contribution is 2.37. The Morgan fingerprint density at radius 3 is 1.88 bits per heavy atom. The Balaban J connectivity index is 0.000000189. The van der Waals surface area contributed by atoms with Crippen molar-refractivity contribution in [3.8, 4) is 39.4 Å². The first-order valence-electron chi connectivity index (χ1n) is 17.8. The van der Waals surface area contributed by atoms with Crippen LogP contribution in [0.2, 0.25) is 0 Å². The number of benzene rings is 6. The summed E-state index contributed by atoms with van der Waals surface area (Å²) in [6.45, 7) is 0.484. The molecule has 8 rings (SSSR count). The van der Waals surface area contributed by atoms with E-state index in [1.165, 1.54) is 39.0 Å². The van der Waals surface area contributed by atoms with E-state index in [1.807, 2.05) is 31.3 Å². The Bertz CT molecular complexity index is 2390. The van der Waals surface area contributed by atoms with E-state index in [-0.39, 0.29) is 0 Å². The number of fused-ring (bicyclic) bond motifs is 3. The van der Waals surface area contributed by atoms with E-state index in [1.54, 1.807) is 0 Å². The lowest BCUT2D eigenvalue weighted by molar-refractivity contribution is 0.668. The largest absolute Gasteiger partial charge is 0.456 e. The molecule has 1 aliphatic rings. The van der Waals surface area contributed by atoms with Crippen LogP contribution < -0.4 is 11.1 Å². The van der Waals surface area contributed by atoms with Gasteiger partial charge in [-0.1, -0.05) is 121 Å². The second kappa shape index (κ2) is 16.1. The first kappa shape index (κ1) is 34.1. The zero-order valence-electron chi connectivity index (χ0n) is 29.3. The molecule has 52 heavy (non-hydrogen) atoms. The van der Waals surface area contributed by atoms with Gasteiger partial charge in [-0.2, -0.15) is 5.26 Å². The molecule has 0 radical (unpaired) electrons. The highest BCUT2D eigenvalue weighted by molar-refractivity contribution is 6.08. The summed E-state index contributed by atoms with van der Waals surface area (Å²) in [7, 11) is 1.95. The van der Waals surface area contributed by atoms with E-state index < -0.39 is 0 Å². The normalized spacial score (nSPS) is 12.8. The molecule has 0 bridgehead atoms. The molecule has 7 aromatic rings. The number of furan rings is 1. The molecule has 0 aliphatic heterocycles. The highest BCUT2D eigenvalue weighted by Gasteiger charge is 2.13. The van der Waals surface area contributed by atoms with Crippen LogP contribution in [0.1, 0.15) is 24.0 Å². The quantitative estimate of drug-likeness (QED) is 0.168. The number of nitrogens with one attached hydrogen (secondary N) is 1. The fourth-order valence-corrected chi connectivity index (χ4v) is 6.82. The SMILES string of the molecule is CN/C(=C\Cc1ccccc1)C1=CC=C(C#N)CC1.NCc1cccc2oc3ccc(-c4cc(-c5ccccc5)cc(-c5ccccc5)c4)cc3c12. The zero-order chi connectivity index (χ0) is 35.7. The predicted octanol–water partition coefficient (Wildman–Crippen LogP) is 11.5. The number of rotatable bonds is 8. The molecule has 4 nitrogen and oxygen atoms in total. The van der Waals surface area contributed by atoms with Gasteiger partial charge in [-0.25, -0.2) is 0 Å². The van der Waals surface area contributed by atoms with Crippen molar-refractivity contribution in [1.82, 2.24) is 5.32 Å². The molecule has 0 saturated heterocycles. The van der Waals surface area contributed by atoms with Crippen LogP contribution in [0.25, 0.3) is 55.3 Å². The smallest absolute Gasteiger partial charge is 0.135 e. The van der Waals surface area contributed by atoms with E-state index >= 15 is 0 Å². The van der Waals surface area contributed by atoms with Gasteiger partial charge in [-0.3, -0.25) is 0 Å². The molecular formula is C48H41N3O. The lowest BCUT2D eigenvalue weighted by Crippen LogP contribution is -2.10. The van der Waals surface area contributed by atoms with Crippen LogP contribution in [0.3, 0.4) is 0 Å².